The Morgan fingerprint density at radius 2 is 1.44 bits per heavy atom. The topological polar surface area (TPSA) is 53.4 Å². The second kappa shape index (κ2) is 11.9. The number of aliphatic hydroxyl groups excluding tert-OH is 1. The predicted octanol–water partition coefficient (Wildman–Crippen LogP) is 8.71. The van der Waals surface area contributed by atoms with Gasteiger partial charge in [-0.3, -0.25) is 9.78 Å². The van der Waals surface area contributed by atoms with Gasteiger partial charge in [0.05, 0.1) is 34.5 Å². The Kier molecular flexibility index (Phi) is 8.98. The molecule has 11 heteroatoms. The van der Waals surface area contributed by atoms with E-state index in [1.165, 1.54) is 39.1 Å². The third kappa shape index (κ3) is 6.71. The van der Waals surface area contributed by atoms with Gasteiger partial charge in [-0.1, -0.05) is 25.3 Å². The van der Waals surface area contributed by atoms with E-state index in [2.05, 4.69) is 4.98 Å². The highest BCUT2D eigenvalue weighted by atomic mass is 19.4. The van der Waals surface area contributed by atoms with E-state index < -0.39 is 52.8 Å². The average molecular weight is 611 g/mol. The second-order valence-electron chi connectivity index (χ2n) is 11.6. The minimum atomic E-state index is -5.09. The van der Waals surface area contributed by atoms with Gasteiger partial charge in [-0.2, -0.15) is 26.3 Å². The maximum absolute atomic E-state index is 14.1. The van der Waals surface area contributed by atoms with Crippen molar-refractivity contribution in [1.29, 1.82) is 0 Å². The third-order valence-electron chi connectivity index (χ3n) is 8.22. The van der Waals surface area contributed by atoms with E-state index in [-0.39, 0.29) is 23.4 Å². The number of likely N-dealkylation sites (N-methyl/N-ethyl adjacent to an activating group) is 1. The molecule has 2 aromatic carbocycles. The van der Waals surface area contributed by atoms with Crippen molar-refractivity contribution in [2.45, 2.75) is 83.2 Å². The van der Waals surface area contributed by atoms with E-state index in [1.54, 1.807) is 13.0 Å². The number of hydrogen-bond donors (Lipinski definition) is 1. The minimum absolute atomic E-state index is 0.0148. The zero-order chi connectivity index (χ0) is 31.9. The van der Waals surface area contributed by atoms with Crippen LogP contribution in [0.1, 0.15) is 85.5 Å². The quantitative estimate of drug-likeness (QED) is 0.284. The maximum atomic E-state index is 14.1. The summed E-state index contributed by atoms with van der Waals surface area (Å²) in [5.41, 5.74) is -2.95. The van der Waals surface area contributed by atoms with Crippen molar-refractivity contribution in [3.8, 4) is 11.1 Å². The van der Waals surface area contributed by atoms with Crippen molar-refractivity contribution in [1.82, 2.24) is 4.98 Å². The number of aliphatic hydroxyl groups is 1. The van der Waals surface area contributed by atoms with Crippen LogP contribution in [0.25, 0.3) is 11.1 Å². The summed E-state index contributed by atoms with van der Waals surface area (Å²) in [5.74, 6) is -1.22. The van der Waals surface area contributed by atoms with Gasteiger partial charge in [0.2, 0.25) is 5.91 Å². The Labute approximate surface area is 245 Å². The molecule has 232 valence electrons. The summed E-state index contributed by atoms with van der Waals surface area (Å²) in [4.78, 5) is 19.8. The number of pyridine rings is 1. The number of anilines is 1. The van der Waals surface area contributed by atoms with Gasteiger partial charge in [0, 0.05) is 24.2 Å². The molecule has 0 bridgehead atoms. The molecule has 0 radical (unpaired) electrons. The minimum Gasteiger partial charge on any atom is -0.390 e. The van der Waals surface area contributed by atoms with E-state index in [4.69, 9.17) is 0 Å². The molecule has 1 aliphatic carbocycles. The van der Waals surface area contributed by atoms with E-state index >= 15 is 0 Å². The first-order valence-electron chi connectivity index (χ1n) is 13.9. The number of benzene rings is 2. The molecule has 0 spiro atoms. The Bertz CT molecular complexity index is 1470. The Balaban J connectivity index is 1.90. The third-order valence-corrected chi connectivity index (χ3v) is 8.22. The fourth-order valence-electron chi connectivity index (χ4n) is 5.80. The Hall–Kier alpha value is -3.47. The summed E-state index contributed by atoms with van der Waals surface area (Å²) >= 11 is 0. The van der Waals surface area contributed by atoms with Crippen LogP contribution in [-0.4, -0.2) is 23.0 Å². The van der Waals surface area contributed by atoms with Crippen LogP contribution in [0.5, 0.6) is 0 Å². The van der Waals surface area contributed by atoms with Crippen molar-refractivity contribution in [2.75, 3.05) is 11.9 Å². The standard InChI is InChI=1S/C32H33F7N2O2/c1-18-12-23(33)10-11-24(18)25-16-26(19-8-6-5-7-9-19)40-27(17-42)28(25)41(4)29(43)30(2,3)20-13-21(31(34,35)36)15-22(14-20)32(37,38)39/h10-16,19,42H,5-9,17H2,1-4H3. The molecule has 0 saturated heterocycles. The Morgan fingerprint density at radius 3 is 1.95 bits per heavy atom. The van der Waals surface area contributed by atoms with Gasteiger partial charge in [-0.05, 0) is 86.7 Å². The van der Waals surface area contributed by atoms with Crippen LogP contribution in [0.4, 0.5) is 36.4 Å². The molecule has 1 saturated carbocycles. The first kappa shape index (κ1) is 32.4. The molecular weight excluding hydrogens is 577 g/mol. The summed E-state index contributed by atoms with van der Waals surface area (Å²) in [7, 11) is 1.33. The average Bonchev–Trinajstić information content (AvgIpc) is 2.95. The highest BCUT2D eigenvalue weighted by Crippen LogP contribution is 2.43. The Morgan fingerprint density at radius 1 is 0.884 bits per heavy atom. The molecule has 0 unspecified atom stereocenters. The lowest BCUT2D eigenvalue weighted by Gasteiger charge is -2.33. The van der Waals surface area contributed by atoms with E-state index in [0.29, 0.717) is 34.5 Å². The summed E-state index contributed by atoms with van der Waals surface area (Å²) in [6.07, 6.45) is -5.35. The summed E-state index contributed by atoms with van der Waals surface area (Å²) in [6.45, 7) is 3.57. The number of nitrogens with zero attached hydrogens (tertiary/aromatic N) is 2. The molecule has 4 nitrogen and oxygen atoms in total. The maximum Gasteiger partial charge on any atom is 0.416 e. The zero-order valence-corrected chi connectivity index (χ0v) is 24.3. The van der Waals surface area contributed by atoms with Crippen molar-refractivity contribution in [3.05, 3.63) is 81.9 Å². The van der Waals surface area contributed by atoms with Crippen molar-refractivity contribution in [3.63, 3.8) is 0 Å². The van der Waals surface area contributed by atoms with Crippen molar-refractivity contribution < 1.29 is 40.6 Å². The van der Waals surface area contributed by atoms with Crippen LogP contribution in [0.3, 0.4) is 0 Å². The molecule has 0 atom stereocenters. The van der Waals surface area contributed by atoms with Crippen LogP contribution in [0.15, 0.2) is 42.5 Å². The lowest BCUT2D eigenvalue weighted by molar-refractivity contribution is -0.143. The van der Waals surface area contributed by atoms with E-state index in [9.17, 15) is 40.6 Å². The van der Waals surface area contributed by atoms with Crippen LogP contribution >= 0.6 is 0 Å². The number of hydrogen-bond acceptors (Lipinski definition) is 3. The number of rotatable bonds is 6. The molecular formula is C32H33F7N2O2. The summed E-state index contributed by atoms with van der Waals surface area (Å²) < 4.78 is 95.8. The molecule has 1 N–H and O–H groups in total. The summed E-state index contributed by atoms with van der Waals surface area (Å²) in [5, 5.41) is 10.4. The molecule has 1 amide bonds. The van der Waals surface area contributed by atoms with Gasteiger partial charge in [-0.15, -0.1) is 0 Å². The van der Waals surface area contributed by atoms with Gasteiger partial charge in [-0.25, -0.2) is 4.39 Å². The van der Waals surface area contributed by atoms with Crippen LogP contribution in [-0.2, 0) is 29.2 Å². The number of aromatic nitrogens is 1. The lowest BCUT2D eigenvalue weighted by Crippen LogP contribution is -2.42. The van der Waals surface area contributed by atoms with Gasteiger partial charge in [0.15, 0.2) is 0 Å². The number of aryl methyl sites for hydroxylation is 1. The van der Waals surface area contributed by atoms with Gasteiger partial charge < -0.3 is 10.0 Å². The second-order valence-corrected chi connectivity index (χ2v) is 11.6. The molecule has 4 rings (SSSR count). The SMILES string of the molecule is Cc1cc(F)ccc1-c1cc(C2CCCCC2)nc(CO)c1N(C)C(=O)C(C)(C)c1cc(C(F)(F)F)cc(C(F)(F)F)c1. The van der Waals surface area contributed by atoms with E-state index in [1.807, 2.05) is 0 Å². The number of alkyl halides is 6. The van der Waals surface area contributed by atoms with Crippen molar-refractivity contribution >= 4 is 11.6 Å². The number of carbonyl (C=O) groups is 1. The zero-order valence-electron chi connectivity index (χ0n) is 24.3. The number of amides is 1. The highest BCUT2D eigenvalue weighted by Gasteiger charge is 2.41. The normalized spacial score (nSPS) is 15.1. The van der Waals surface area contributed by atoms with Crippen LogP contribution < -0.4 is 4.90 Å². The lowest BCUT2D eigenvalue weighted by atomic mass is 9.81. The van der Waals surface area contributed by atoms with Crippen LogP contribution in [0, 0.1) is 12.7 Å². The largest absolute Gasteiger partial charge is 0.416 e. The summed E-state index contributed by atoms with van der Waals surface area (Å²) in [6, 6.07) is 6.98. The first-order chi connectivity index (χ1) is 19.9. The van der Waals surface area contributed by atoms with E-state index in [0.717, 1.165) is 37.0 Å². The molecule has 1 heterocycles. The molecule has 1 fully saturated rings. The molecule has 1 aromatic heterocycles. The number of halogens is 7. The van der Waals surface area contributed by atoms with Crippen LogP contribution in [0.2, 0.25) is 0 Å². The fraction of sp³-hybridized carbons (Fsp3) is 0.438. The highest BCUT2D eigenvalue weighted by molar-refractivity contribution is 6.04. The van der Waals surface area contributed by atoms with Gasteiger partial charge in [0.25, 0.3) is 0 Å². The molecule has 0 aliphatic heterocycles. The number of carbonyl (C=O) groups excluding carboxylic acids is 1. The molecule has 3 aromatic rings. The predicted molar refractivity (Wildman–Crippen MR) is 149 cm³/mol. The molecule has 1 aliphatic rings. The molecule has 43 heavy (non-hydrogen) atoms. The van der Waals surface area contributed by atoms with Gasteiger partial charge >= 0.3 is 12.4 Å². The monoisotopic (exact) mass is 610 g/mol. The van der Waals surface area contributed by atoms with Crippen molar-refractivity contribution in [2.24, 2.45) is 0 Å². The van der Waals surface area contributed by atoms with Gasteiger partial charge in [0.1, 0.15) is 5.82 Å². The first-order valence-corrected chi connectivity index (χ1v) is 13.9. The smallest absolute Gasteiger partial charge is 0.390 e. The fourth-order valence-corrected chi connectivity index (χ4v) is 5.80.